The Labute approximate surface area is 110 Å². The molecule has 0 saturated heterocycles. The van der Waals surface area contributed by atoms with Crippen molar-refractivity contribution in [2.24, 2.45) is 0 Å². The molecular weight excluding hydrogens is 244 g/mol. The van der Waals surface area contributed by atoms with Crippen LogP contribution in [0.3, 0.4) is 0 Å². The van der Waals surface area contributed by atoms with Crippen molar-refractivity contribution in [3.05, 3.63) is 55.6 Å². The number of thiophene rings is 1. The van der Waals surface area contributed by atoms with Crippen molar-refractivity contribution < 1.29 is 0 Å². The second-order valence-electron chi connectivity index (χ2n) is 4.25. The maximum Gasteiger partial charge on any atom is 0.268 e. The Morgan fingerprint density at radius 2 is 2.22 bits per heavy atom. The molecule has 0 unspecified atom stereocenters. The summed E-state index contributed by atoms with van der Waals surface area (Å²) in [5, 5.41) is 11.1. The van der Waals surface area contributed by atoms with Crippen LogP contribution in [0.25, 0.3) is 0 Å². The number of rotatable bonds is 3. The Morgan fingerprint density at radius 1 is 1.44 bits per heavy atom. The molecule has 0 aliphatic heterocycles. The topological polar surface area (TPSA) is 45.8 Å². The largest absolute Gasteiger partial charge is 0.314 e. The van der Waals surface area contributed by atoms with Crippen molar-refractivity contribution in [1.82, 2.24) is 4.57 Å². The molecule has 0 amide bonds. The highest BCUT2D eigenvalue weighted by atomic mass is 32.1. The number of nitriles is 1. The standard InChI is InChI=1S/C14H14N2OS/c1-10-9-16(6-5-12-4-3-7-18-12)14(17)13(8-15)11(10)2/h3-4,7,9H,5-6H2,1-2H3. The highest BCUT2D eigenvalue weighted by Gasteiger charge is 2.09. The normalized spacial score (nSPS) is 10.3. The van der Waals surface area contributed by atoms with Gasteiger partial charge in [-0.3, -0.25) is 4.79 Å². The van der Waals surface area contributed by atoms with Gasteiger partial charge >= 0.3 is 0 Å². The second-order valence-corrected chi connectivity index (χ2v) is 5.28. The molecule has 0 aliphatic rings. The Bertz CT molecular complexity index is 648. The Morgan fingerprint density at radius 3 is 2.83 bits per heavy atom. The van der Waals surface area contributed by atoms with Gasteiger partial charge in [0.05, 0.1) is 0 Å². The summed E-state index contributed by atoms with van der Waals surface area (Å²) in [7, 11) is 0. The Kier molecular flexibility index (Phi) is 3.63. The lowest BCUT2D eigenvalue weighted by molar-refractivity contribution is 0.667. The quantitative estimate of drug-likeness (QED) is 0.849. The molecule has 0 fully saturated rings. The molecule has 0 N–H and O–H groups in total. The summed E-state index contributed by atoms with van der Waals surface area (Å²) < 4.78 is 1.64. The van der Waals surface area contributed by atoms with Crippen molar-refractivity contribution in [3.63, 3.8) is 0 Å². The fourth-order valence-corrected chi connectivity index (χ4v) is 2.57. The highest BCUT2D eigenvalue weighted by Crippen LogP contribution is 2.11. The van der Waals surface area contributed by atoms with Gasteiger partial charge in [-0.1, -0.05) is 6.07 Å². The Balaban J connectivity index is 2.32. The molecule has 2 aromatic heterocycles. The summed E-state index contributed by atoms with van der Waals surface area (Å²) in [6.07, 6.45) is 2.66. The molecule has 0 atom stereocenters. The molecule has 0 bridgehead atoms. The summed E-state index contributed by atoms with van der Waals surface area (Å²) in [5.41, 5.74) is 1.85. The fraction of sp³-hybridized carbons (Fsp3) is 0.286. The monoisotopic (exact) mass is 258 g/mol. The van der Waals surface area contributed by atoms with Gasteiger partial charge in [-0.25, -0.2) is 0 Å². The third kappa shape index (κ3) is 2.36. The highest BCUT2D eigenvalue weighted by molar-refractivity contribution is 7.09. The Hall–Kier alpha value is -1.86. The number of pyridine rings is 1. The first kappa shape index (κ1) is 12.6. The average molecular weight is 258 g/mol. The van der Waals surface area contributed by atoms with Crippen molar-refractivity contribution in [2.45, 2.75) is 26.8 Å². The lowest BCUT2D eigenvalue weighted by Gasteiger charge is -2.09. The van der Waals surface area contributed by atoms with Crippen molar-refractivity contribution in [2.75, 3.05) is 0 Å². The summed E-state index contributed by atoms with van der Waals surface area (Å²) >= 11 is 1.68. The van der Waals surface area contributed by atoms with E-state index in [4.69, 9.17) is 5.26 Å². The average Bonchev–Trinajstić information content (AvgIpc) is 2.86. The lowest BCUT2D eigenvalue weighted by atomic mass is 10.1. The molecule has 0 saturated carbocycles. The van der Waals surface area contributed by atoms with Crippen LogP contribution < -0.4 is 5.56 Å². The number of nitrogens with zero attached hydrogens (tertiary/aromatic N) is 2. The van der Waals surface area contributed by atoms with Crippen LogP contribution >= 0.6 is 11.3 Å². The SMILES string of the molecule is Cc1cn(CCc2cccs2)c(=O)c(C#N)c1C. The van der Waals surface area contributed by atoms with Crippen LogP contribution in [0.2, 0.25) is 0 Å². The van der Waals surface area contributed by atoms with Crippen molar-refractivity contribution >= 4 is 11.3 Å². The molecule has 0 aromatic carbocycles. The van der Waals surface area contributed by atoms with Gasteiger partial charge in [0.15, 0.2) is 0 Å². The van der Waals surface area contributed by atoms with Crippen LogP contribution in [-0.4, -0.2) is 4.57 Å². The summed E-state index contributed by atoms with van der Waals surface area (Å²) in [6, 6.07) is 6.07. The zero-order valence-electron chi connectivity index (χ0n) is 10.4. The third-order valence-corrected chi connectivity index (χ3v) is 4.02. The van der Waals surface area contributed by atoms with Crippen molar-refractivity contribution in [1.29, 1.82) is 5.26 Å². The molecule has 2 aromatic rings. The number of aryl methyl sites for hydroxylation is 3. The summed E-state index contributed by atoms with van der Waals surface area (Å²) in [5.74, 6) is 0. The van der Waals surface area contributed by atoms with Crippen LogP contribution in [0.5, 0.6) is 0 Å². The zero-order chi connectivity index (χ0) is 13.1. The van der Waals surface area contributed by atoms with Gasteiger partial charge in [0.25, 0.3) is 5.56 Å². The van der Waals surface area contributed by atoms with Gasteiger partial charge < -0.3 is 4.57 Å². The van der Waals surface area contributed by atoms with Crippen LogP contribution in [-0.2, 0) is 13.0 Å². The van der Waals surface area contributed by atoms with E-state index in [1.165, 1.54) is 4.88 Å². The number of hydrogen-bond acceptors (Lipinski definition) is 3. The fourth-order valence-electron chi connectivity index (χ4n) is 1.87. The van der Waals surface area contributed by atoms with Gasteiger partial charge in [0.2, 0.25) is 0 Å². The minimum absolute atomic E-state index is 0.183. The number of aromatic nitrogens is 1. The molecule has 0 aliphatic carbocycles. The molecule has 2 heterocycles. The second kappa shape index (κ2) is 5.19. The van der Waals surface area contributed by atoms with E-state index in [9.17, 15) is 4.79 Å². The molecule has 92 valence electrons. The van der Waals surface area contributed by atoms with Crippen LogP contribution in [0.1, 0.15) is 21.6 Å². The maximum absolute atomic E-state index is 12.1. The maximum atomic E-state index is 12.1. The van der Waals surface area contributed by atoms with E-state index in [-0.39, 0.29) is 11.1 Å². The van der Waals surface area contributed by atoms with Gasteiger partial charge in [-0.2, -0.15) is 5.26 Å². The molecule has 4 heteroatoms. The third-order valence-electron chi connectivity index (χ3n) is 3.08. The van der Waals surface area contributed by atoms with Crippen LogP contribution in [0, 0.1) is 25.2 Å². The summed E-state index contributed by atoms with van der Waals surface area (Å²) in [4.78, 5) is 13.3. The minimum Gasteiger partial charge on any atom is -0.314 e. The van der Waals surface area contributed by atoms with Crippen LogP contribution in [0.15, 0.2) is 28.5 Å². The van der Waals surface area contributed by atoms with E-state index in [0.29, 0.717) is 6.54 Å². The smallest absolute Gasteiger partial charge is 0.268 e. The van der Waals surface area contributed by atoms with E-state index >= 15 is 0 Å². The first-order chi connectivity index (χ1) is 8.63. The van der Waals surface area contributed by atoms with E-state index in [0.717, 1.165) is 17.5 Å². The molecule has 18 heavy (non-hydrogen) atoms. The minimum atomic E-state index is -0.183. The van der Waals surface area contributed by atoms with E-state index in [1.54, 1.807) is 15.9 Å². The van der Waals surface area contributed by atoms with Gasteiger partial charge in [-0.05, 0) is 42.8 Å². The number of hydrogen-bond donors (Lipinski definition) is 0. The van der Waals surface area contributed by atoms with Gasteiger partial charge in [-0.15, -0.1) is 11.3 Å². The van der Waals surface area contributed by atoms with Crippen molar-refractivity contribution in [3.8, 4) is 6.07 Å². The lowest BCUT2D eigenvalue weighted by Crippen LogP contribution is -2.24. The zero-order valence-corrected chi connectivity index (χ0v) is 11.3. The molecular formula is C14H14N2OS. The van der Waals surface area contributed by atoms with Gasteiger partial charge in [0.1, 0.15) is 11.6 Å². The molecule has 0 spiro atoms. The summed E-state index contributed by atoms with van der Waals surface area (Å²) in [6.45, 7) is 4.37. The van der Waals surface area contributed by atoms with E-state index < -0.39 is 0 Å². The predicted molar refractivity (Wildman–Crippen MR) is 72.9 cm³/mol. The van der Waals surface area contributed by atoms with E-state index in [1.807, 2.05) is 37.6 Å². The molecule has 3 nitrogen and oxygen atoms in total. The predicted octanol–water partition coefficient (Wildman–Crippen LogP) is 2.64. The first-order valence-electron chi connectivity index (χ1n) is 5.76. The first-order valence-corrected chi connectivity index (χ1v) is 6.64. The van der Waals surface area contributed by atoms with E-state index in [2.05, 4.69) is 6.07 Å². The molecule has 0 radical (unpaired) electrons. The molecule has 2 rings (SSSR count). The van der Waals surface area contributed by atoms with Gasteiger partial charge in [0, 0.05) is 17.6 Å². The van der Waals surface area contributed by atoms with Crippen LogP contribution in [0.4, 0.5) is 0 Å².